The summed E-state index contributed by atoms with van der Waals surface area (Å²) >= 11 is 0. The molecule has 0 saturated carbocycles. The van der Waals surface area contributed by atoms with Gasteiger partial charge < -0.3 is 15.4 Å². The fraction of sp³-hybridized carbons (Fsp3) is 0.154. The molecule has 0 atom stereocenters. The minimum absolute atomic E-state index is 0.105. The zero-order valence-corrected chi connectivity index (χ0v) is 18.8. The average Bonchev–Trinajstić information content (AvgIpc) is 2.87. The lowest BCUT2D eigenvalue weighted by Gasteiger charge is -2.08. The molecule has 0 radical (unpaired) electrons. The summed E-state index contributed by atoms with van der Waals surface area (Å²) < 4.78 is 5.48. The van der Waals surface area contributed by atoms with Gasteiger partial charge in [-0.05, 0) is 53.4 Å². The zero-order valence-electron chi connectivity index (χ0n) is 18.8. The number of para-hydroxylation sites is 1. The van der Waals surface area contributed by atoms with Crippen LogP contribution in [0.3, 0.4) is 0 Å². The van der Waals surface area contributed by atoms with E-state index in [9.17, 15) is 14.4 Å². The van der Waals surface area contributed by atoms with Crippen molar-refractivity contribution in [2.45, 2.75) is 19.9 Å². The van der Waals surface area contributed by atoms with Gasteiger partial charge in [-0.25, -0.2) is 5.43 Å². The summed E-state index contributed by atoms with van der Waals surface area (Å²) in [6.07, 6.45) is 2.13. The molecule has 34 heavy (non-hydrogen) atoms. The number of ether oxygens (including phenoxy) is 1. The van der Waals surface area contributed by atoms with Crippen LogP contribution in [0.4, 0.5) is 5.69 Å². The first-order chi connectivity index (χ1) is 16.5. The van der Waals surface area contributed by atoms with Gasteiger partial charge in [-0.1, -0.05) is 55.5 Å². The highest BCUT2D eigenvalue weighted by molar-refractivity contribution is 6.39. The minimum Gasteiger partial charge on any atom is -0.484 e. The number of benzene rings is 3. The third-order valence-electron chi connectivity index (χ3n) is 4.81. The number of carbonyl (C=O) groups is 3. The summed E-state index contributed by atoms with van der Waals surface area (Å²) in [6.45, 7) is 2.30. The van der Waals surface area contributed by atoms with E-state index >= 15 is 0 Å². The number of nitrogens with one attached hydrogen (secondary N) is 3. The van der Waals surface area contributed by atoms with E-state index in [0.29, 0.717) is 23.5 Å². The molecule has 8 nitrogen and oxygen atoms in total. The highest BCUT2D eigenvalue weighted by Gasteiger charge is 2.14. The van der Waals surface area contributed by atoms with Crippen molar-refractivity contribution >= 4 is 29.6 Å². The molecule has 3 aromatic rings. The molecule has 3 rings (SSSR count). The fourth-order valence-corrected chi connectivity index (χ4v) is 2.99. The van der Waals surface area contributed by atoms with Gasteiger partial charge >= 0.3 is 11.8 Å². The molecule has 174 valence electrons. The van der Waals surface area contributed by atoms with Crippen LogP contribution in [0.15, 0.2) is 84.0 Å². The van der Waals surface area contributed by atoms with E-state index in [1.165, 1.54) is 6.21 Å². The van der Waals surface area contributed by atoms with Gasteiger partial charge in [-0.2, -0.15) is 5.10 Å². The van der Waals surface area contributed by atoms with Gasteiger partial charge in [0.15, 0.2) is 6.61 Å². The summed E-state index contributed by atoms with van der Waals surface area (Å²) in [5, 5.41) is 9.19. The lowest BCUT2D eigenvalue weighted by atomic mass is 10.1. The smallest absolute Gasteiger partial charge is 0.329 e. The largest absolute Gasteiger partial charge is 0.484 e. The Morgan fingerprint density at radius 2 is 1.59 bits per heavy atom. The molecular weight excluding hydrogens is 432 g/mol. The van der Waals surface area contributed by atoms with Crippen LogP contribution in [0.25, 0.3) is 0 Å². The first-order valence-corrected chi connectivity index (χ1v) is 10.8. The molecule has 0 saturated heterocycles. The summed E-state index contributed by atoms with van der Waals surface area (Å²) in [7, 11) is 0. The van der Waals surface area contributed by atoms with Crippen LogP contribution in [0.1, 0.15) is 23.6 Å². The number of nitrogens with zero attached hydrogens (tertiary/aromatic N) is 1. The topological polar surface area (TPSA) is 109 Å². The summed E-state index contributed by atoms with van der Waals surface area (Å²) in [6, 6.07) is 23.7. The molecule has 0 spiro atoms. The summed E-state index contributed by atoms with van der Waals surface area (Å²) in [5.74, 6) is -1.38. The van der Waals surface area contributed by atoms with Crippen LogP contribution in [0, 0.1) is 0 Å². The lowest BCUT2D eigenvalue weighted by Crippen LogP contribution is -2.32. The molecule has 0 heterocycles. The maximum Gasteiger partial charge on any atom is 0.329 e. The van der Waals surface area contributed by atoms with Crippen molar-refractivity contribution in [3.05, 3.63) is 95.6 Å². The monoisotopic (exact) mass is 458 g/mol. The second-order valence-electron chi connectivity index (χ2n) is 7.28. The highest BCUT2D eigenvalue weighted by Crippen LogP contribution is 2.15. The van der Waals surface area contributed by atoms with Crippen molar-refractivity contribution in [2.24, 2.45) is 5.10 Å². The predicted molar refractivity (Wildman–Crippen MR) is 130 cm³/mol. The van der Waals surface area contributed by atoms with Gasteiger partial charge in [0.2, 0.25) is 0 Å². The highest BCUT2D eigenvalue weighted by atomic mass is 16.5. The number of rotatable bonds is 9. The van der Waals surface area contributed by atoms with E-state index in [2.05, 4.69) is 21.2 Å². The molecule has 0 fully saturated rings. The molecule has 0 aliphatic heterocycles. The van der Waals surface area contributed by atoms with Crippen LogP contribution in [-0.2, 0) is 27.3 Å². The number of amides is 3. The van der Waals surface area contributed by atoms with Crippen molar-refractivity contribution in [2.75, 3.05) is 11.9 Å². The van der Waals surface area contributed by atoms with E-state index in [4.69, 9.17) is 4.74 Å². The van der Waals surface area contributed by atoms with Crippen LogP contribution in [0.5, 0.6) is 5.75 Å². The number of aryl methyl sites for hydroxylation is 1. The number of carbonyl (C=O) groups excluding carboxylic acids is 3. The molecule has 3 aromatic carbocycles. The van der Waals surface area contributed by atoms with Crippen molar-refractivity contribution in [3.63, 3.8) is 0 Å². The van der Waals surface area contributed by atoms with Crippen LogP contribution >= 0.6 is 0 Å². The van der Waals surface area contributed by atoms with Crippen LogP contribution in [-0.4, -0.2) is 30.5 Å². The Hall–Kier alpha value is -4.46. The van der Waals surface area contributed by atoms with Crippen LogP contribution < -0.4 is 20.8 Å². The summed E-state index contributed by atoms with van der Waals surface area (Å²) in [5.41, 5.74) is 5.42. The molecular formula is C26H26N4O4. The number of anilines is 1. The molecule has 0 aliphatic carbocycles. The first kappa shape index (κ1) is 24.2. The first-order valence-electron chi connectivity index (χ1n) is 10.8. The van der Waals surface area contributed by atoms with Gasteiger partial charge in [0.1, 0.15) is 5.75 Å². The SMILES string of the molecule is CCc1ccccc1NC(=O)C(=O)N/N=C\c1ccc(OCC(=O)NCc2ccccc2)cc1. The summed E-state index contributed by atoms with van der Waals surface area (Å²) in [4.78, 5) is 36.0. The van der Waals surface area contributed by atoms with Gasteiger partial charge in [0.25, 0.3) is 5.91 Å². The molecule has 0 bridgehead atoms. The Balaban J connectivity index is 1.41. The number of hydrogen-bond donors (Lipinski definition) is 3. The Morgan fingerprint density at radius 3 is 2.32 bits per heavy atom. The van der Waals surface area contributed by atoms with Crippen molar-refractivity contribution in [1.82, 2.24) is 10.7 Å². The second-order valence-corrected chi connectivity index (χ2v) is 7.28. The number of hydrazone groups is 1. The van der Waals surface area contributed by atoms with E-state index in [0.717, 1.165) is 17.5 Å². The maximum absolute atomic E-state index is 12.1. The van der Waals surface area contributed by atoms with E-state index in [1.807, 2.05) is 49.4 Å². The Labute approximate surface area is 198 Å². The second kappa shape index (κ2) is 12.5. The molecule has 3 N–H and O–H groups in total. The van der Waals surface area contributed by atoms with Crippen molar-refractivity contribution in [1.29, 1.82) is 0 Å². The Morgan fingerprint density at radius 1 is 0.882 bits per heavy atom. The molecule has 3 amide bonds. The number of hydrogen-bond acceptors (Lipinski definition) is 5. The van der Waals surface area contributed by atoms with Gasteiger partial charge in [0, 0.05) is 12.2 Å². The van der Waals surface area contributed by atoms with Crippen molar-refractivity contribution < 1.29 is 19.1 Å². The molecule has 0 aromatic heterocycles. The quantitative estimate of drug-likeness (QED) is 0.260. The van der Waals surface area contributed by atoms with Crippen LogP contribution in [0.2, 0.25) is 0 Å². The van der Waals surface area contributed by atoms with Crippen molar-refractivity contribution in [3.8, 4) is 5.75 Å². The zero-order chi connectivity index (χ0) is 24.2. The fourth-order valence-electron chi connectivity index (χ4n) is 2.99. The third-order valence-corrected chi connectivity index (χ3v) is 4.81. The van der Waals surface area contributed by atoms with E-state index in [1.54, 1.807) is 36.4 Å². The van der Waals surface area contributed by atoms with E-state index in [-0.39, 0.29) is 12.5 Å². The molecule has 0 unspecified atom stereocenters. The van der Waals surface area contributed by atoms with Gasteiger partial charge in [0.05, 0.1) is 6.21 Å². The lowest BCUT2D eigenvalue weighted by molar-refractivity contribution is -0.136. The van der Waals surface area contributed by atoms with Gasteiger partial charge in [-0.15, -0.1) is 0 Å². The average molecular weight is 459 g/mol. The Kier molecular flexibility index (Phi) is 8.92. The predicted octanol–water partition coefficient (Wildman–Crippen LogP) is 3.03. The van der Waals surface area contributed by atoms with E-state index < -0.39 is 11.8 Å². The normalized spacial score (nSPS) is 10.5. The maximum atomic E-state index is 12.1. The third kappa shape index (κ3) is 7.59. The Bertz CT molecular complexity index is 1140. The molecule has 8 heteroatoms. The molecule has 0 aliphatic rings. The standard InChI is InChI=1S/C26H26N4O4/c1-2-21-10-6-7-11-23(21)29-25(32)26(33)30-28-17-20-12-14-22(15-13-20)34-18-24(31)27-16-19-8-4-3-5-9-19/h3-15,17H,2,16,18H2,1H3,(H,27,31)(H,29,32)(H,30,33)/b28-17-. The minimum atomic E-state index is -0.872. The van der Waals surface area contributed by atoms with Gasteiger partial charge in [-0.3, -0.25) is 14.4 Å².